The molecule has 3 nitrogen and oxygen atoms in total. The first-order chi connectivity index (χ1) is 7.68. The molecule has 1 aliphatic rings. The predicted octanol–water partition coefficient (Wildman–Crippen LogP) is 2.27. The number of rotatable bonds is 3. The number of aryl methyl sites for hydroxylation is 1. The molecule has 1 fully saturated rings. The molecule has 0 unspecified atom stereocenters. The maximum Gasteiger partial charge on any atom is 0.252 e. The van der Waals surface area contributed by atoms with Gasteiger partial charge in [0.25, 0.3) is 5.91 Å². The van der Waals surface area contributed by atoms with Gasteiger partial charge in [0, 0.05) is 23.4 Å². The van der Waals surface area contributed by atoms with Gasteiger partial charge in [-0.25, -0.2) is 0 Å². The van der Waals surface area contributed by atoms with Gasteiger partial charge in [0.1, 0.15) is 0 Å². The van der Waals surface area contributed by atoms with E-state index in [1.165, 1.54) is 4.88 Å². The molecule has 0 bridgehead atoms. The fourth-order valence-corrected chi connectivity index (χ4v) is 2.71. The second kappa shape index (κ2) is 4.97. The van der Waals surface area contributed by atoms with Crippen molar-refractivity contribution in [2.75, 3.05) is 13.2 Å². The average molecular weight is 239 g/mol. The monoisotopic (exact) mass is 239 g/mol. The second-order valence-corrected chi connectivity index (χ2v) is 5.26. The molecule has 1 aliphatic heterocycles. The third kappa shape index (κ3) is 2.44. The molecule has 1 aromatic heterocycles. The Morgan fingerprint density at radius 2 is 2.44 bits per heavy atom. The number of hydrogen-bond acceptors (Lipinski definition) is 3. The largest absolute Gasteiger partial charge is 0.376 e. The molecule has 2 heterocycles. The number of ether oxygens (including phenoxy) is 1. The van der Waals surface area contributed by atoms with E-state index in [0.717, 1.165) is 30.6 Å². The van der Waals surface area contributed by atoms with E-state index >= 15 is 0 Å². The van der Waals surface area contributed by atoms with Crippen molar-refractivity contribution in [1.82, 2.24) is 5.32 Å². The Bertz CT molecular complexity index is 380. The Kier molecular flexibility index (Phi) is 3.61. The van der Waals surface area contributed by atoms with Crippen LogP contribution in [0.1, 0.15) is 33.6 Å². The molecule has 1 amide bonds. The van der Waals surface area contributed by atoms with Crippen LogP contribution in [0, 0.1) is 13.8 Å². The fourth-order valence-electron chi connectivity index (χ4n) is 1.84. The minimum absolute atomic E-state index is 0.0253. The molecule has 0 saturated carbocycles. The highest BCUT2D eigenvalue weighted by molar-refractivity contribution is 7.10. The topological polar surface area (TPSA) is 38.3 Å². The number of nitrogens with one attached hydrogen (secondary N) is 1. The molecule has 0 aliphatic carbocycles. The SMILES string of the molecule is Cc1scc(C(=O)NC[C@@H]2CCCO2)c1C. The molecule has 4 heteroatoms. The van der Waals surface area contributed by atoms with Gasteiger partial charge in [-0.05, 0) is 32.3 Å². The molecule has 0 spiro atoms. The molecule has 1 atom stereocenters. The maximum absolute atomic E-state index is 11.9. The minimum Gasteiger partial charge on any atom is -0.376 e. The van der Waals surface area contributed by atoms with Crippen molar-refractivity contribution in [1.29, 1.82) is 0 Å². The predicted molar refractivity (Wildman–Crippen MR) is 65.1 cm³/mol. The van der Waals surface area contributed by atoms with Gasteiger partial charge in [0.15, 0.2) is 0 Å². The number of carbonyl (C=O) groups is 1. The summed E-state index contributed by atoms with van der Waals surface area (Å²) in [6.07, 6.45) is 2.38. The first kappa shape index (κ1) is 11.6. The summed E-state index contributed by atoms with van der Waals surface area (Å²) in [6, 6.07) is 0. The molecule has 0 aromatic carbocycles. The quantitative estimate of drug-likeness (QED) is 0.878. The van der Waals surface area contributed by atoms with Crippen molar-refractivity contribution in [2.45, 2.75) is 32.8 Å². The van der Waals surface area contributed by atoms with Crippen LogP contribution in [0.15, 0.2) is 5.38 Å². The van der Waals surface area contributed by atoms with E-state index in [1.54, 1.807) is 11.3 Å². The third-order valence-corrected chi connectivity index (χ3v) is 4.06. The zero-order valence-corrected chi connectivity index (χ0v) is 10.5. The van der Waals surface area contributed by atoms with Crippen LogP contribution in [0.2, 0.25) is 0 Å². The molecular weight excluding hydrogens is 222 g/mol. The lowest BCUT2D eigenvalue weighted by Gasteiger charge is -2.10. The highest BCUT2D eigenvalue weighted by Crippen LogP contribution is 2.20. The summed E-state index contributed by atoms with van der Waals surface area (Å²) in [5.74, 6) is 0.0253. The summed E-state index contributed by atoms with van der Waals surface area (Å²) in [7, 11) is 0. The van der Waals surface area contributed by atoms with E-state index < -0.39 is 0 Å². The number of hydrogen-bond donors (Lipinski definition) is 1. The van der Waals surface area contributed by atoms with Gasteiger partial charge in [-0.2, -0.15) is 0 Å². The molecule has 2 rings (SSSR count). The van der Waals surface area contributed by atoms with Crippen molar-refractivity contribution in [3.05, 3.63) is 21.4 Å². The van der Waals surface area contributed by atoms with Crippen LogP contribution in [0.3, 0.4) is 0 Å². The molecule has 1 aromatic rings. The molecule has 1 N–H and O–H groups in total. The standard InChI is InChI=1S/C12H17NO2S/c1-8-9(2)16-7-11(8)12(14)13-6-10-4-3-5-15-10/h7,10H,3-6H2,1-2H3,(H,13,14)/t10-/m0/s1. The summed E-state index contributed by atoms with van der Waals surface area (Å²) in [5, 5.41) is 4.86. The van der Waals surface area contributed by atoms with Crippen LogP contribution < -0.4 is 5.32 Å². The van der Waals surface area contributed by atoms with Crippen molar-refractivity contribution < 1.29 is 9.53 Å². The van der Waals surface area contributed by atoms with E-state index in [4.69, 9.17) is 4.74 Å². The second-order valence-electron chi connectivity index (χ2n) is 4.18. The molecule has 1 saturated heterocycles. The van der Waals surface area contributed by atoms with Gasteiger partial charge < -0.3 is 10.1 Å². The lowest BCUT2D eigenvalue weighted by atomic mass is 10.1. The van der Waals surface area contributed by atoms with E-state index in [1.807, 2.05) is 19.2 Å². The number of carbonyl (C=O) groups excluding carboxylic acids is 1. The minimum atomic E-state index is 0.0253. The average Bonchev–Trinajstić information content (AvgIpc) is 2.88. The normalized spacial score (nSPS) is 20.0. The van der Waals surface area contributed by atoms with Crippen LogP contribution in [-0.4, -0.2) is 25.2 Å². The van der Waals surface area contributed by atoms with Crippen molar-refractivity contribution in [3.8, 4) is 0 Å². The van der Waals surface area contributed by atoms with Gasteiger partial charge in [-0.1, -0.05) is 0 Å². The van der Waals surface area contributed by atoms with Crippen LogP contribution in [0.5, 0.6) is 0 Å². The zero-order valence-electron chi connectivity index (χ0n) is 9.71. The van der Waals surface area contributed by atoms with Crippen LogP contribution in [0.4, 0.5) is 0 Å². The number of thiophene rings is 1. The Balaban J connectivity index is 1.90. The van der Waals surface area contributed by atoms with Gasteiger partial charge >= 0.3 is 0 Å². The van der Waals surface area contributed by atoms with Gasteiger partial charge in [0.2, 0.25) is 0 Å². The van der Waals surface area contributed by atoms with Gasteiger partial charge in [0.05, 0.1) is 11.7 Å². The van der Waals surface area contributed by atoms with E-state index in [-0.39, 0.29) is 12.0 Å². The Labute approximate surface area is 99.8 Å². The lowest BCUT2D eigenvalue weighted by molar-refractivity contribution is 0.0857. The summed E-state index contributed by atoms with van der Waals surface area (Å²) in [6.45, 7) is 5.49. The smallest absolute Gasteiger partial charge is 0.252 e. The molecular formula is C12H17NO2S. The van der Waals surface area contributed by atoms with Gasteiger partial charge in [-0.3, -0.25) is 4.79 Å². The first-order valence-electron chi connectivity index (χ1n) is 5.63. The summed E-state index contributed by atoms with van der Waals surface area (Å²) in [5.41, 5.74) is 1.90. The summed E-state index contributed by atoms with van der Waals surface area (Å²) >= 11 is 1.63. The van der Waals surface area contributed by atoms with E-state index in [2.05, 4.69) is 5.32 Å². The summed E-state index contributed by atoms with van der Waals surface area (Å²) in [4.78, 5) is 13.1. The Morgan fingerprint density at radius 3 is 3.00 bits per heavy atom. The van der Waals surface area contributed by atoms with Crippen molar-refractivity contribution >= 4 is 17.2 Å². The highest BCUT2D eigenvalue weighted by Gasteiger charge is 2.18. The molecule has 16 heavy (non-hydrogen) atoms. The van der Waals surface area contributed by atoms with E-state index in [0.29, 0.717) is 6.54 Å². The van der Waals surface area contributed by atoms with Crippen molar-refractivity contribution in [2.24, 2.45) is 0 Å². The zero-order chi connectivity index (χ0) is 11.5. The summed E-state index contributed by atoms with van der Waals surface area (Å²) < 4.78 is 5.46. The first-order valence-corrected chi connectivity index (χ1v) is 6.51. The number of amides is 1. The lowest BCUT2D eigenvalue weighted by Crippen LogP contribution is -2.31. The van der Waals surface area contributed by atoms with Crippen LogP contribution >= 0.6 is 11.3 Å². The maximum atomic E-state index is 11.9. The van der Waals surface area contributed by atoms with Crippen LogP contribution in [-0.2, 0) is 4.74 Å². The Hall–Kier alpha value is -0.870. The third-order valence-electron chi connectivity index (χ3n) is 3.04. The van der Waals surface area contributed by atoms with Crippen LogP contribution in [0.25, 0.3) is 0 Å². The van der Waals surface area contributed by atoms with E-state index in [9.17, 15) is 4.79 Å². The van der Waals surface area contributed by atoms with Gasteiger partial charge in [-0.15, -0.1) is 11.3 Å². The highest BCUT2D eigenvalue weighted by atomic mass is 32.1. The van der Waals surface area contributed by atoms with Crippen molar-refractivity contribution in [3.63, 3.8) is 0 Å². The molecule has 0 radical (unpaired) electrons. The fraction of sp³-hybridized carbons (Fsp3) is 0.583. The Morgan fingerprint density at radius 1 is 1.62 bits per heavy atom. The molecule has 88 valence electrons.